The summed E-state index contributed by atoms with van der Waals surface area (Å²) in [7, 11) is 3.45. The number of likely N-dealkylation sites (N-methyl/N-ethyl adjacent to an activating group) is 1. The molecule has 0 aromatic heterocycles. The summed E-state index contributed by atoms with van der Waals surface area (Å²) in [6.45, 7) is 4.26. The van der Waals surface area contributed by atoms with Crippen molar-refractivity contribution in [3.63, 3.8) is 0 Å². The second kappa shape index (κ2) is 3.44. The van der Waals surface area contributed by atoms with Crippen molar-refractivity contribution in [1.82, 2.24) is 4.90 Å². The van der Waals surface area contributed by atoms with Gasteiger partial charge in [-0.05, 0) is 5.92 Å². The lowest BCUT2D eigenvalue weighted by Crippen LogP contribution is -2.33. The van der Waals surface area contributed by atoms with E-state index in [4.69, 9.17) is 4.74 Å². The van der Waals surface area contributed by atoms with Crippen molar-refractivity contribution < 1.29 is 9.53 Å². The molecule has 0 aromatic rings. The van der Waals surface area contributed by atoms with E-state index in [0.29, 0.717) is 12.0 Å². The van der Waals surface area contributed by atoms with Crippen LogP contribution in [0.5, 0.6) is 0 Å². The molecule has 12 heavy (non-hydrogen) atoms. The van der Waals surface area contributed by atoms with Crippen molar-refractivity contribution in [3.8, 4) is 0 Å². The molecule has 2 atom stereocenters. The Kier molecular flexibility index (Phi) is 2.73. The molecule has 0 radical (unpaired) electrons. The quantitative estimate of drug-likeness (QED) is 0.617. The Morgan fingerprint density at radius 3 is 2.42 bits per heavy atom. The van der Waals surface area contributed by atoms with E-state index >= 15 is 0 Å². The van der Waals surface area contributed by atoms with Crippen molar-refractivity contribution in [2.24, 2.45) is 5.92 Å². The van der Waals surface area contributed by atoms with Crippen molar-refractivity contribution >= 4 is 5.91 Å². The lowest BCUT2D eigenvalue weighted by Gasteiger charge is -2.22. The van der Waals surface area contributed by atoms with E-state index in [1.807, 2.05) is 7.05 Å². The number of hydrogen-bond donors (Lipinski definition) is 0. The Hall–Kier alpha value is -0.570. The zero-order valence-corrected chi connectivity index (χ0v) is 8.20. The summed E-state index contributed by atoms with van der Waals surface area (Å²) < 4.78 is 5.08. The summed E-state index contributed by atoms with van der Waals surface area (Å²) in [4.78, 5) is 13.3. The predicted octanol–water partition coefficient (Wildman–Crippen LogP) is 0.888. The van der Waals surface area contributed by atoms with Crippen LogP contribution in [0.3, 0.4) is 0 Å². The molecule has 1 amide bonds. The van der Waals surface area contributed by atoms with E-state index < -0.39 is 0 Å². The van der Waals surface area contributed by atoms with Gasteiger partial charge in [-0.1, -0.05) is 13.8 Å². The smallest absolute Gasteiger partial charge is 0.251 e. The molecule has 1 saturated heterocycles. The Morgan fingerprint density at radius 2 is 2.17 bits per heavy atom. The van der Waals surface area contributed by atoms with E-state index in [2.05, 4.69) is 13.8 Å². The van der Waals surface area contributed by atoms with E-state index in [-0.39, 0.29) is 12.0 Å². The minimum Gasteiger partial charge on any atom is -0.372 e. The van der Waals surface area contributed by atoms with Crippen LogP contribution < -0.4 is 0 Å². The number of nitrogens with zero attached hydrogens (tertiary/aromatic N) is 1. The zero-order chi connectivity index (χ0) is 9.30. The van der Waals surface area contributed by atoms with Gasteiger partial charge < -0.3 is 9.64 Å². The second-order valence-corrected chi connectivity index (χ2v) is 3.72. The first kappa shape index (κ1) is 9.52. The molecule has 0 N–H and O–H groups in total. The van der Waals surface area contributed by atoms with Gasteiger partial charge in [0.25, 0.3) is 5.91 Å². The number of rotatable bonds is 2. The summed E-state index contributed by atoms with van der Waals surface area (Å²) in [5.41, 5.74) is 0. The Balaban J connectivity index is 2.67. The van der Waals surface area contributed by atoms with Crippen LogP contribution in [0.4, 0.5) is 0 Å². The number of carbonyl (C=O) groups is 1. The number of methoxy groups -OCH3 is 1. The summed E-state index contributed by atoms with van der Waals surface area (Å²) in [6.07, 6.45) is 0.631. The molecule has 3 nitrogen and oxygen atoms in total. The fourth-order valence-corrected chi connectivity index (χ4v) is 1.79. The van der Waals surface area contributed by atoms with Crippen LogP contribution in [0.15, 0.2) is 0 Å². The number of carbonyl (C=O) groups excluding carboxylic acids is 1. The SMILES string of the molecule is COC1CC(C(C)C)N(C)C1=O. The van der Waals surface area contributed by atoms with Crippen LogP contribution in [-0.2, 0) is 9.53 Å². The van der Waals surface area contributed by atoms with Crippen molar-refractivity contribution in [2.75, 3.05) is 14.2 Å². The van der Waals surface area contributed by atoms with Gasteiger partial charge in [-0.3, -0.25) is 4.79 Å². The maximum Gasteiger partial charge on any atom is 0.251 e. The normalized spacial score (nSPS) is 30.4. The molecule has 0 spiro atoms. The minimum atomic E-state index is -0.206. The van der Waals surface area contributed by atoms with Gasteiger partial charge in [0.05, 0.1) is 0 Å². The molecular weight excluding hydrogens is 154 g/mol. The average molecular weight is 171 g/mol. The molecule has 0 aliphatic carbocycles. The minimum absolute atomic E-state index is 0.121. The summed E-state index contributed by atoms with van der Waals surface area (Å²) in [5, 5.41) is 0. The van der Waals surface area contributed by atoms with Gasteiger partial charge in [0.1, 0.15) is 6.10 Å². The van der Waals surface area contributed by atoms with Gasteiger partial charge in [0, 0.05) is 26.6 Å². The summed E-state index contributed by atoms with van der Waals surface area (Å²) in [6, 6.07) is 0.349. The Bertz CT molecular complexity index is 179. The third kappa shape index (κ3) is 1.46. The van der Waals surface area contributed by atoms with Crippen molar-refractivity contribution in [1.29, 1.82) is 0 Å². The fourth-order valence-electron chi connectivity index (χ4n) is 1.79. The molecular formula is C9H17NO2. The number of hydrogen-bond acceptors (Lipinski definition) is 2. The third-order valence-electron chi connectivity index (χ3n) is 2.63. The van der Waals surface area contributed by atoms with Gasteiger partial charge >= 0.3 is 0 Å². The summed E-state index contributed by atoms with van der Waals surface area (Å²) >= 11 is 0. The maximum atomic E-state index is 11.5. The lowest BCUT2D eigenvalue weighted by atomic mass is 10.0. The molecule has 1 fully saturated rings. The molecule has 1 aliphatic rings. The molecule has 0 bridgehead atoms. The van der Waals surface area contributed by atoms with E-state index in [0.717, 1.165) is 6.42 Å². The highest BCUT2D eigenvalue weighted by Crippen LogP contribution is 2.24. The predicted molar refractivity (Wildman–Crippen MR) is 46.8 cm³/mol. The first-order valence-electron chi connectivity index (χ1n) is 4.37. The summed E-state index contributed by atoms with van der Waals surface area (Å²) in [5.74, 6) is 0.635. The highest BCUT2D eigenvalue weighted by molar-refractivity contribution is 5.83. The van der Waals surface area contributed by atoms with Crippen LogP contribution in [0, 0.1) is 5.92 Å². The average Bonchev–Trinajstić information content (AvgIpc) is 2.30. The molecule has 2 unspecified atom stereocenters. The Labute approximate surface area is 73.7 Å². The number of ether oxygens (including phenoxy) is 1. The maximum absolute atomic E-state index is 11.5. The Morgan fingerprint density at radius 1 is 1.58 bits per heavy atom. The lowest BCUT2D eigenvalue weighted by molar-refractivity contribution is -0.135. The van der Waals surface area contributed by atoms with Gasteiger partial charge in [0.2, 0.25) is 0 Å². The van der Waals surface area contributed by atoms with Crippen molar-refractivity contribution in [3.05, 3.63) is 0 Å². The largest absolute Gasteiger partial charge is 0.372 e. The highest BCUT2D eigenvalue weighted by atomic mass is 16.5. The number of amides is 1. The zero-order valence-electron chi connectivity index (χ0n) is 8.20. The van der Waals surface area contributed by atoms with Crippen LogP contribution >= 0.6 is 0 Å². The van der Waals surface area contributed by atoms with E-state index in [1.165, 1.54) is 0 Å². The van der Waals surface area contributed by atoms with Gasteiger partial charge in [-0.2, -0.15) is 0 Å². The van der Waals surface area contributed by atoms with Gasteiger partial charge in [0.15, 0.2) is 0 Å². The topological polar surface area (TPSA) is 29.5 Å². The molecule has 70 valence electrons. The standard InChI is InChI=1S/C9H17NO2/c1-6(2)7-5-8(12-4)9(11)10(7)3/h6-8H,5H2,1-4H3. The van der Waals surface area contributed by atoms with Gasteiger partial charge in [-0.25, -0.2) is 0 Å². The molecule has 1 aliphatic heterocycles. The van der Waals surface area contributed by atoms with Gasteiger partial charge in [-0.15, -0.1) is 0 Å². The van der Waals surface area contributed by atoms with Crippen molar-refractivity contribution in [2.45, 2.75) is 32.4 Å². The van der Waals surface area contributed by atoms with Crippen LogP contribution in [0.25, 0.3) is 0 Å². The first-order chi connectivity index (χ1) is 5.57. The number of likely N-dealkylation sites (tertiary alicyclic amines) is 1. The highest BCUT2D eigenvalue weighted by Gasteiger charge is 2.38. The molecule has 3 heteroatoms. The van der Waals surface area contributed by atoms with Crippen LogP contribution in [-0.4, -0.2) is 37.1 Å². The molecule has 0 saturated carbocycles. The van der Waals surface area contributed by atoms with E-state index in [1.54, 1.807) is 12.0 Å². The third-order valence-corrected chi connectivity index (χ3v) is 2.63. The second-order valence-electron chi connectivity index (χ2n) is 3.72. The van der Waals surface area contributed by atoms with Crippen LogP contribution in [0.1, 0.15) is 20.3 Å². The fraction of sp³-hybridized carbons (Fsp3) is 0.889. The molecule has 1 heterocycles. The first-order valence-corrected chi connectivity index (χ1v) is 4.37. The molecule has 0 aromatic carbocycles. The molecule has 1 rings (SSSR count). The van der Waals surface area contributed by atoms with Crippen LogP contribution in [0.2, 0.25) is 0 Å². The van der Waals surface area contributed by atoms with E-state index in [9.17, 15) is 4.79 Å². The monoisotopic (exact) mass is 171 g/mol.